The first-order valence-electron chi connectivity index (χ1n) is 5.20. The number of rotatable bonds is 3. The molecule has 90 valence electrons. The average Bonchev–Trinajstić information content (AvgIpc) is 2.17. The summed E-state index contributed by atoms with van der Waals surface area (Å²) in [5.41, 5.74) is 0. The van der Waals surface area contributed by atoms with Gasteiger partial charge >= 0.3 is 0 Å². The lowest BCUT2D eigenvalue weighted by Gasteiger charge is -2.32. The summed E-state index contributed by atoms with van der Waals surface area (Å²) in [4.78, 5) is 13.8. The van der Waals surface area contributed by atoms with Gasteiger partial charge in [0.2, 0.25) is 5.91 Å². The molecule has 1 fully saturated rings. The summed E-state index contributed by atoms with van der Waals surface area (Å²) in [6, 6.07) is 0. The monoisotopic (exact) mass is 236 g/mol. The van der Waals surface area contributed by atoms with Crippen LogP contribution in [0.2, 0.25) is 0 Å². The van der Waals surface area contributed by atoms with E-state index in [1.165, 1.54) is 0 Å². The number of carbonyl (C=O) groups is 1. The van der Waals surface area contributed by atoms with Crippen LogP contribution < -0.4 is 5.32 Å². The highest BCUT2D eigenvalue weighted by atomic mass is 35.5. The third-order valence-corrected chi connectivity index (χ3v) is 2.48. The molecule has 0 saturated carbocycles. The highest BCUT2D eigenvalue weighted by Crippen LogP contribution is 2.08. The average molecular weight is 237 g/mol. The smallest absolute Gasteiger partial charge is 0.226 e. The summed E-state index contributed by atoms with van der Waals surface area (Å²) in [6.07, 6.45) is 0.175. The number of amides is 1. The molecule has 5 heteroatoms. The molecule has 1 heterocycles. The molecule has 1 aliphatic rings. The van der Waals surface area contributed by atoms with Gasteiger partial charge in [0.05, 0.1) is 12.7 Å². The zero-order valence-corrected chi connectivity index (χ0v) is 10.5. The number of halogens is 1. The molecule has 15 heavy (non-hydrogen) atoms. The summed E-state index contributed by atoms with van der Waals surface area (Å²) in [5, 5.41) is 3.02. The van der Waals surface area contributed by atoms with Crippen molar-refractivity contribution in [1.29, 1.82) is 0 Å². The van der Waals surface area contributed by atoms with Crippen LogP contribution in [0.5, 0.6) is 0 Å². The maximum absolute atomic E-state index is 11.9. The van der Waals surface area contributed by atoms with Crippen LogP contribution in [0, 0.1) is 5.92 Å². The summed E-state index contributed by atoms with van der Waals surface area (Å²) in [6.45, 7) is 6.83. The van der Waals surface area contributed by atoms with Crippen LogP contribution >= 0.6 is 12.4 Å². The maximum atomic E-state index is 11.9. The Kier molecular flexibility index (Phi) is 6.89. The first-order chi connectivity index (χ1) is 6.65. The van der Waals surface area contributed by atoms with Gasteiger partial charge in [-0.2, -0.15) is 0 Å². The fourth-order valence-electron chi connectivity index (χ4n) is 1.72. The quantitative estimate of drug-likeness (QED) is 0.777. The van der Waals surface area contributed by atoms with E-state index in [1.807, 2.05) is 25.8 Å². The molecular formula is C10H21ClN2O2. The number of hydrogen-bond acceptors (Lipinski definition) is 3. The number of ether oxygens (including phenoxy) is 1. The third kappa shape index (κ3) is 4.36. The topological polar surface area (TPSA) is 41.6 Å². The molecule has 0 aromatic rings. The van der Waals surface area contributed by atoms with Gasteiger partial charge in [0.15, 0.2) is 0 Å². The molecule has 0 aromatic heterocycles. The molecule has 0 aromatic carbocycles. The Morgan fingerprint density at radius 2 is 2.33 bits per heavy atom. The summed E-state index contributed by atoms with van der Waals surface area (Å²) in [5.74, 6) is 0.291. The van der Waals surface area contributed by atoms with E-state index in [1.54, 1.807) is 0 Å². The zero-order chi connectivity index (χ0) is 10.6. The van der Waals surface area contributed by atoms with Crippen molar-refractivity contribution < 1.29 is 9.53 Å². The van der Waals surface area contributed by atoms with Crippen LogP contribution in [0.25, 0.3) is 0 Å². The predicted octanol–water partition coefficient (Wildman–Crippen LogP) is 0.511. The minimum atomic E-state index is 0. The Balaban J connectivity index is 0.00000196. The van der Waals surface area contributed by atoms with Gasteiger partial charge < -0.3 is 15.0 Å². The molecular weight excluding hydrogens is 216 g/mol. The standard InChI is InChI=1S/C10H20N2O2.ClH/c1-8(6-11-3)10(13)12-4-5-14-9(2)7-12;/h8-9,11H,4-7H2,1-3H3;1H. The summed E-state index contributed by atoms with van der Waals surface area (Å²) < 4.78 is 5.39. The number of nitrogens with one attached hydrogen (secondary N) is 1. The lowest BCUT2D eigenvalue weighted by Crippen LogP contribution is -2.47. The van der Waals surface area contributed by atoms with Crippen molar-refractivity contribution >= 4 is 18.3 Å². The van der Waals surface area contributed by atoms with Gasteiger partial charge in [-0.15, -0.1) is 12.4 Å². The fourth-order valence-corrected chi connectivity index (χ4v) is 1.72. The van der Waals surface area contributed by atoms with Gasteiger partial charge in [-0.25, -0.2) is 0 Å². The van der Waals surface area contributed by atoms with Gasteiger partial charge in [0.25, 0.3) is 0 Å². The molecule has 2 unspecified atom stereocenters. The van der Waals surface area contributed by atoms with Gasteiger partial charge in [-0.05, 0) is 14.0 Å². The van der Waals surface area contributed by atoms with E-state index in [0.29, 0.717) is 6.61 Å². The minimum absolute atomic E-state index is 0. The highest BCUT2D eigenvalue weighted by molar-refractivity contribution is 5.85. The first kappa shape index (κ1) is 14.7. The van der Waals surface area contributed by atoms with E-state index in [0.717, 1.165) is 19.6 Å². The maximum Gasteiger partial charge on any atom is 0.226 e. The Morgan fingerprint density at radius 3 is 2.87 bits per heavy atom. The molecule has 4 nitrogen and oxygen atoms in total. The summed E-state index contributed by atoms with van der Waals surface area (Å²) >= 11 is 0. The van der Waals surface area contributed by atoms with Gasteiger partial charge in [0, 0.05) is 25.6 Å². The largest absolute Gasteiger partial charge is 0.375 e. The first-order valence-corrected chi connectivity index (χ1v) is 5.20. The van der Waals surface area contributed by atoms with Gasteiger partial charge in [-0.3, -0.25) is 4.79 Å². The fraction of sp³-hybridized carbons (Fsp3) is 0.900. The molecule has 2 atom stereocenters. The van der Waals surface area contributed by atoms with E-state index >= 15 is 0 Å². The van der Waals surface area contributed by atoms with E-state index in [2.05, 4.69) is 5.32 Å². The van der Waals surface area contributed by atoms with E-state index in [9.17, 15) is 4.79 Å². The van der Waals surface area contributed by atoms with Gasteiger partial charge in [0.1, 0.15) is 0 Å². The van der Waals surface area contributed by atoms with Crippen LogP contribution in [-0.4, -0.2) is 50.2 Å². The molecule has 1 amide bonds. The Bertz CT molecular complexity index is 202. The van der Waals surface area contributed by atoms with Crippen LogP contribution in [0.3, 0.4) is 0 Å². The molecule has 1 rings (SSSR count). The number of carbonyl (C=O) groups excluding carboxylic acids is 1. The van der Waals surface area contributed by atoms with Crippen LogP contribution in [0.1, 0.15) is 13.8 Å². The minimum Gasteiger partial charge on any atom is -0.375 e. The lowest BCUT2D eigenvalue weighted by molar-refractivity contribution is -0.141. The van der Waals surface area contributed by atoms with Crippen molar-refractivity contribution in [3.8, 4) is 0 Å². The molecule has 1 aliphatic heterocycles. The number of nitrogens with zero attached hydrogens (tertiary/aromatic N) is 1. The second-order valence-corrected chi connectivity index (χ2v) is 3.92. The molecule has 0 radical (unpaired) electrons. The molecule has 1 N–H and O–H groups in total. The van der Waals surface area contributed by atoms with Crippen LogP contribution in [0.15, 0.2) is 0 Å². The SMILES string of the molecule is CNCC(C)C(=O)N1CCOC(C)C1.Cl. The Hall–Kier alpha value is -0.320. The van der Waals surface area contributed by atoms with E-state index in [4.69, 9.17) is 4.74 Å². The number of morpholine rings is 1. The molecule has 0 spiro atoms. The highest BCUT2D eigenvalue weighted by Gasteiger charge is 2.24. The summed E-state index contributed by atoms with van der Waals surface area (Å²) in [7, 11) is 1.87. The van der Waals surface area contributed by atoms with Gasteiger partial charge in [-0.1, -0.05) is 6.92 Å². The zero-order valence-electron chi connectivity index (χ0n) is 9.66. The Morgan fingerprint density at radius 1 is 1.67 bits per heavy atom. The molecule has 0 bridgehead atoms. The normalized spacial score (nSPS) is 23.1. The number of hydrogen-bond donors (Lipinski definition) is 1. The van der Waals surface area contributed by atoms with Crippen molar-refractivity contribution in [2.75, 3.05) is 33.3 Å². The van der Waals surface area contributed by atoms with Crippen molar-refractivity contribution in [3.63, 3.8) is 0 Å². The predicted molar refractivity (Wildman–Crippen MR) is 62.3 cm³/mol. The van der Waals surface area contributed by atoms with Crippen molar-refractivity contribution in [2.24, 2.45) is 5.92 Å². The van der Waals surface area contributed by atoms with E-state index < -0.39 is 0 Å². The Labute approximate surface area is 97.8 Å². The van der Waals surface area contributed by atoms with Crippen LogP contribution in [-0.2, 0) is 9.53 Å². The lowest BCUT2D eigenvalue weighted by atomic mass is 10.1. The van der Waals surface area contributed by atoms with Crippen molar-refractivity contribution in [3.05, 3.63) is 0 Å². The molecule has 0 aliphatic carbocycles. The van der Waals surface area contributed by atoms with Crippen molar-refractivity contribution in [2.45, 2.75) is 20.0 Å². The van der Waals surface area contributed by atoms with Crippen LogP contribution in [0.4, 0.5) is 0 Å². The van der Waals surface area contributed by atoms with Crippen molar-refractivity contribution in [1.82, 2.24) is 10.2 Å². The second kappa shape index (κ2) is 7.04. The van der Waals surface area contributed by atoms with E-state index in [-0.39, 0.29) is 30.3 Å². The second-order valence-electron chi connectivity index (χ2n) is 3.92. The third-order valence-electron chi connectivity index (χ3n) is 2.48. The molecule has 1 saturated heterocycles.